The van der Waals surface area contributed by atoms with Gasteiger partial charge in [0.15, 0.2) is 11.5 Å². The van der Waals surface area contributed by atoms with Gasteiger partial charge in [0.05, 0.1) is 18.8 Å². The molecule has 4 rings (SSSR count). The molecule has 3 aromatic rings. The summed E-state index contributed by atoms with van der Waals surface area (Å²) in [4.78, 5) is 24.9. The van der Waals surface area contributed by atoms with E-state index < -0.39 is 12.2 Å². The Balaban J connectivity index is 1.38. The lowest BCUT2D eigenvalue weighted by Gasteiger charge is -2.31. The molecular formula is C24H25N3O5. The zero-order chi connectivity index (χ0) is 22.5. The third kappa shape index (κ3) is 4.74. The van der Waals surface area contributed by atoms with Crippen molar-refractivity contribution in [3.63, 3.8) is 0 Å². The molecule has 0 radical (unpaired) electrons. The highest BCUT2D eigenvalue weighted by Gasteiger charge is 2.33. The van der Waals surface area contributed by atoms with Gasteiger partial charge >= 0.3 is 0 Å². The summed E-state index contributed by atoms with van der Waals surface area (Å²) in [7, 11) is 0. The van der Waals surface area contributed by atoms with E-state index in [2.05, 4.69) is 10.4 Å². The quantitative estimate of drug-likeness (QED) is 0.614. The average Bonchev–Trinajstić information content (AvgIpc) is 2.80. The SMILES string of the molecule is CCOc1ccc(-c2ccc(=O)n(CCNC(=O)C3Oc4ccccc4OC3C)n2)cc1. The van der Waals surface area contributed by atoms with Gasteiger partial charge in [0.1, 0.15) is 11.9 Å². The Kier molecular flexibility index (Phi) is 6.39. The van der Waals surface area contributed by atoms with Crippen molar-refractivity contribution in [3.05, 3.63) is 71.0 Å². The second-order valence-electron chi connectivity index (χ2n) is 7.34. The number of carbonyl (C=O) groups excluding carboxylic acids is 1. The molecule has 2 aromatic carbocycles. The second kappa shape index (κ2) is 9.55. The number of hydrogen-bond donors (Lipinski definition) is 1. The normalized spacial score (nSPS) is 16.9. The first-order valence-corrected chi connectivity index (χ1v) is 10.6. The van der Waals surface area contributed by atoms with Gasteiger partial charge in [0.2, 0.25) is 6.10 Å². The first-order chi connectivity index (χ1) is 15.5. The topological polar surface area (TPSA) is 91.7 Å². The predicted octanol–water partition coefficient (Wildman–Crippen LogP) is 2.65. The summed E-state index contributed by atoms with van der Waals surface area (Å²) in [6.45, 7) is 4.77. The van der Waals surface area contributed by atoms with Gasteiger partial charge < -0.3 is 19.5 Å². The highest BCUT2D eigenvalue weighted by Crippen LogP contribution is 2.33. The van der Waals surface area contributed by atoms with Gasteiger partial charge in [-0.05, 0) is 56.3 Å². The van der Waals surface area contributed by atoms with Crippen LogP contribution in [0.1, 0.15) is 13.8 Å². The van der Waals surface area contributed by atoms with Crippen molar-refractivity contribution in [1.29, 1.82) is 0 Å². The summed E-state index contributed by atoms with van der Waals surface area (Å²) in [5, 5.41) is 7.24. The van der Waals surface area contributed by atoms with Gasteiger partial charge in [-0.1, -0.05) is 12.1 Å². The summed E-state index contributed by atoms with van der Waals surface area (Å²) in [5.74, 6) is 1.62. The summed E-state index contributed by atoms with van der Waals surface area (Å²) >= 11 is 0. The predicted molar refractivity (Wildman–Crippen MR) is 119 cm³/mol. The number of hydrogen-bond acceptors (Lipinski definition) is 6. The smallest absolute Gasteiger partial charge is 0.266 e. The number of carbonyl (C=O) groups is 1. The van der Waals surface area contributed by atoms with Gasteiger partial charge in [0, 0.05) is 18.2 Å². The van der Waals surface area contributed by atoms with E-state index in [0.717, 1.165) is 11.3 Å². The van der Waals surface area contributed by atoms with Crippen LogP contribution in [0.5, 0.6) is 17.2 Å². The van der Waals surface area contributed by atoms with Crippen molar-refractivity contribution >= 4 is 5.91 Å². The fraction of sp³-hybridized carbons (Fsp3) is 0.292. The second-order valence-corrected chi connectivity index (χ2v) is 7.34. The van der Waals surface area contributed by atoms with Crippen molar-refractivity contribution in [2.75, 3.05) is 13.2 Å². The van der Waals surface area contributed by atoms with Crippen molar-refractivity contribution in [1.82, 2.24) is 15.1 Å². The molecule has 1 aromatic heterocycles. The van der Waals surface area contributed by atoms with Gasteiger partial charge in [-0.3, -0.25) is 9.59 Å². The molecule has 0 spiro atoms. The maximum Gasteiger partial charge on any atom is 0.266 e. The summed E-state index contributed by atoms with van der Waals surface area (Å²) < 4.78 is 18.4. The first kappa shape index (κ1) is 21.4. The molecule has 0 saturated carbocycles. The molecule has 166 valence electrons. The number of nitrogens with one attached hydrogen (secondary N) is 1. The molecule has 1 N–H and O–H groups in total. The molecule has 0 saturated heterocycles. The number of aromatic nitrogens is 2. The van der Waals surface area contributed by atoms with Crippen LogP contribution in [-0.2, 0) is 11.3 Å². The highest BCUT2D eigenvalue weighted by molar-refractivity contribution is 5.82. The van der Waals surface area contributed by atoms with Crippen LogP contribution in [0.2, 0.25) is 0 Å². The lowest BCUT2D eigenvalue weighted by atomic mass is 10.1. The van der Waals surface area contributed by atoms with E-state index in [-0.39, 0.29) is 24.6 Å². The van der Waals surface area contributed by atoms with Gasteiger partial charge in [-0.25, -0.2) is 4.68 Å². The Hall–Kier alpha value is -3.81. The van der Waals surface area contributed by atoms with E-state index in [1.165, 1.54) is 10.7 Å². The van der Waals surface area contributed by atoms with Crippen LogP contribution in [0, 0.1) is 0 Å². The van der Waals surface area contributed by atoms with E-state index >= 15 is 0 Å². The van der Waals surface area contributed by atoms with Gasteiger partial charge in [-0.2, -0.15) is 5.10 Å². The van der Waals surface area contributed by atoms with Crippen LogP contribution in [0.3, 0.4) is 0 Å². The number of fused-ring (bicyclic) bond motifs is 1. The Bertz CT molecular complexity index is 1140. The van der Waals surface area contributed by atoms with Gasteiger partial charge in [0.25, 0.3) is 11.5 Å². The molecule has 0 fully saturated rings. The Morgan fingerprint density at radius 3 is 2.50 bits per heavy atom. The molecular weight excluding hydrogens is 410 g/mol. The number of rotatable bonds is 7. The van der Waals surface area contributed by atoms with Crippen molar-refractivity contribution < 1.29 is 19.0 Å². The molecule has 8 heteroatoms. The standard InChI is InChI=1S/C24H25N3O5/c1-3-30-18-10-8-17(9-11-18)19-12-13-22(28)27(26-19)15-14-25-24(29)23-16(2)31-20-6-4-5-7-21(20)32-23/h4-13,16,23H,3,14-15H2,1-2H3,(H,25,29). The Labute approximate surface area is 185 Å². The van der Waals surface area contributed by atoms with E-state index in [1.54, 1.807) is 25.1 Å². The fourth-order valence-corrected chi connectivity index (χ4v) is 3.44. The van der Waals surface area contributed by atoms with Crippen LogP contribution in [0.15, 0.2) is 65.5 Å². The van der Waals surface area contributed by atoms with E-state index in [9.17, 15) is 9.59 Å². The summed E-state index contributed by atoms with van der Waals surface area (Å²) in [6, 6.07) is 17.9. The van der Waals surface area contributed by atoms with Crippen LogP contribution in [0.4, 0.5) is 0 Å². The van der Waals surface area contributed by atoms with Crippen LogP contribution >= 0.6 is 0 Å². The molecule has 1 aliphatic rings. The molecule has 8 nitrogen and oxygen atoms in total. The number of amides is 1. The highest BCUT2D eigenvalue weighted by atomic mass is 16.6. The lowest BCUT2D eigenvalue weighted by Crippen LogP contribution is -2.49. The third-order valence-corrected chi connectivity index (χ3v) is 5.05. The van der Waals surface area contributed by atoms with E-state index in [0.29, 0.717) is 23.8 Å². The minimum absolute atomic E-state index is 0.229. The number of ether oxygens (including phenoxy) is 3. The summed E-state index contributed by atoms with van der Waals surface area (Å²) in [5.41, 5.74) is 1.29. The van der Waals surface area contributed by atoms with Crippen LogP contribution < -0.4 is 25.1 Å². The van der Waals surface area contributed by atoms with Crippen molar-refractivity contribution in [2.45, 2.75) is 32.6 Å². The number of para-hydroxylation sites is 2. The van der Waals surface area contributed by atoms with Crippen molar-refractivity contribution in [3.8, 4) is 28.5 Å². The molecule has 2 heterocycles. The molecule has 32 heavy (non-hydrogen) atoms. The molecule has 0 aliphatic carbocycles. The zero-order valence-electron chi connectivity index (χ0n) is 18.0. The Morgan fingerprint density at radius 1 is 1.06 bits per heavy atom. The Morgan fingerprint density at radius 2 is 1.78 bits per heavy atom. The van der Waals surface area contributed by atoms with Gasteiger partial charge in [-0.15, -0.1) is 0 Å². The molecule has 1 amide bonds. The average molecular weight is 435 g/mol. The largest absolute Gasteiger partial charge is 0.494 e. The lowest BCUT2D eigenvalue weighted by molar-refractivity contribution is -0.133. The molecule has 2 unspecified atom stereocenters. The minimum Gasteiger partial charge on any atom is -0.494 e. The molecule has 1 aliphatic heterocycles. The van der Waals surface area contributed by atoms with E-state index in [4.69, 9.17) is 14.2 Å². The minimum atomic E-state index is -0.773. The zero-order valence-corrected chi connectivity index (χ0v) is 18.0. The van der Waals surface area contributed by atoms with E-state index in [1.807, 2.05) is 43.3 Å². The maximum atomic E-state index is 12.6. The molecule has 0 bridgehead atoms. The third-order valence-electron chi connectivity index (χ3n) is 5.05. The fourth-order valence-electron chi connectivity index (χ4n) is 3.44. The maximum absolute atomic E-state index is 12.6. The first-order valence-electron chi connectivity index (χ1n) is 10.6. The number of benzene rings is 2. The summed E-state index contributed by atoms with van der Waals surface area (Å²) in [6.07, 6.45) is -1.21. The molecule has 2 atom stereocenters. The van der Waals surface area contributed by atoms with Crippen LogP contribution in [-0.4, -0.2) is 41.0 Å². The van der Waals surface area contributed by atoms with Crippen molar-refractivity contribution in [2.24, 2.45) is 0 Å². The monoisotopic (exact) mass is 435 g/mol. The van der Waals surface area contributed by atoms with Crippen LogP contribution in [0.25, 0.3) is 11.3 Å². The number of nitrogens with zero attached hydrogens (tertiary/aromatic N) is 2.